The molecule has 0 radical (unpaired) electrons. The van der Waals surface area contributed by atoms with Crippen LogP contribution in [0.25, 0.3) is 0 Å². The summed E-state index contributed by atoms with van der Waals surface area (Å²) in [6.45, 7) is 2.19. The van der Waals surface area contributed by atoms with Gasteiger partial charge >= 0.3 is 0 Å². The van der Waals surface area contributed by atoms with Gasteiger partial charge in [0, 0.05) is 23.2 Å². The molecular weight excluding hydrogens is 420 g/mol. The van der Waals surface area contributed by atoms with E-state index in [-0.39, 0.29) is 16.8 Å². The van der Waals surface area contributed by atoms with E-state index in [0.29, 0.717) is 29.2 Å². The Balaban J connectivity index is 1.57. The highest BCUT2D eigenvalue weighted by Crippen LogP contribution is 2.37. The molecule has 0 fully saturated rings. The second-order valence-corrected chi connectivity index (χ2v) is 9.51. The molecular formula is C23H21ClN2O3S. The molecule has 30 heavy (non-hydrogen) atoms. The van der Waals surface area contributed by atoms with Gasteiger partial charge in [0.15, 0.2) is 0 Å². The molecule has 3 aromatic carbocycles. The molecule has 0 aromatic heterocycles. The van der Waals surface area contributed by atoms with Gasteiger partial charge in [0.25, 0.3) is 15.9 Å². The molecule has 1 amide bonds. The van der Waals surface area contributed by atoms with Gasteiger partial charge in [-0.2, -0.15) is 0 Å². The van der Waals surface area contributed by atoms with E-state index in [1.165, 1.54) is 4.31 Å². The van der Waals surface area contributed by atoms with E-state index in [1.54, 1.807) is 54.6 Å². The molecule has 7 heteroatoms. The van der Waals surface area contributed by atoms with Gasteiger partial charge in [-0.05, 0) is 60.9 Å². The number of hydrogen-bond donors (Lipinski definition) is 1. The van der Waals surface area contributed by atoms with Gasteiger partial charge in [0.05, 0.1) is 10.6 Å². The highest BCUT2D eigenvalue weighted by molar-refractivity contribution is 7.92. The van der Waals surface area contributed by atoms with E-state index in [9.17, 15) is 13.2 Å². The smallest absolute Gasteiger partial charge is 0.264 e. The van der Waals surface area contributed by atoms with E-state index in [0.717, 1.165) is 11.1 Å². The van der Waals surface area contributed by atoms with Crippen LogP contribution in [-0.2, 0) is 23.0 Å². The van der Waals surface area contributed by atoms with Crippen molar-refractivity contribution in [3.05, 3.63) is 94.5 Å². The number of nitrogens with zero attached hydrogens (tertiary/aromatic N) is 1. The van der Waals surface area contributed by atoms with E-state index in [1.807, 2.05) is 25.1 Å². The number of anilines is 1. The first-order chi connectivity index (χ1) is 14.4. The summed E-state index contributed by atoms with van der Waals surface area (Å²) >= 11 is 6.14. The summed E-state index contributed by atoms with van der Waals surface area (Å²) in [6, 6.07) is 20.6. The van der Waals surface area contributed by atoms with Gasteiger partial charge < -0.3 is 5.32 Å². The molecule has 0 aliphatic carbocycles. The lowest BCUT2D eigenvalue weighted by molar-refractivity contribution is 0.0951. The lowest BCUT2D eigenvalue weighted by atomic mass is 10.1. The van der Waals surface area contributed by atoms with E-state index >= 15 is 0 Å². The lowest BCUT2D eigenvalue weighted by Gasteiger charge is -2.24. The van der Waals surface area contributed by atoms with Gasteiger partial charge in [-0.1, -0.05) is 48.0 Å². The minimum atomic E-state index is -3.67. The summed E-state index contributed by atoms with van der Waals surface area (Å²) in [5.41, 5.74) is 2.79. The first kappa shape index (κ1) is 20.4. The Morgan fingerprint density at radius 1 is 1.07 bits per heavy atom. The van der Waals surface area contributed by atoms with Crippen molar-refractivity contribution in [2.75, 3.05) is 4.31 Å². The van der Waals surface area contributed by atoms with Crippen molar-refractivity contribution in [1.29, 1.82) is 0 Å². The number of halogens is 1. The van der Waals surface area contributed by atoms with E-state index in [4.69, 9.17) is 11.6 Å². The number of amides is 1. The maximum Gasteiger partial charge on any atom is 0.264 e. The summed E-state index contributed by atoms with van der Waals surface area (Å²) in [7, 11) is -3.67. The number of rotatable bonds is 5. The molecule has 5 nitrogen and oxygen atoms in total. The van der Waals surface area contributed by atoms with Crippen LogP contribution in [0.3, 0.4) is 0 Å². The molecule has 0 spiro atoms. The summed E-state index contributed by atoms with van der Waals surface area (Å²) in [5.74, 6) is -0.227. The first-order valence-corrected chi connectivity index (χ1v) is 11.4. The van der Waals surface area contributed by atoms with Crippen LogP contribution in [0, 0.1) is 0 Å². The summed E-state index contributed by atoms with van der Waals surface area (Å²) in [4.78, 5) is 12.9. The quantitative estimate of drug-likeness (QED) is 0.639. The van der Waals surface area contributed by atoms with Gasteiger partial charge in [-0.3, -0.25) is 9.10 Å². The van der Waals surface area contributed by atoms with E-state index < -0.39 is 10.0 Å². The van der Waals surface area contributed by atoms with Crippen LogP contribution in [0.2, 0.25) is 5.02 Å². The Labute approximate surface area is 181 Å². The number of carbonyl (C=O) groups excluding carboxylic acids is 1. The molecule has 0 bridgehead atoms. The molecule has 4 rings (SSSR count). The van der Waals surface area contributed by atoms with Crippen LogP contribution in [0.1, 0.15) is 28.4 Å². The molecule has 1 heterocycles. The summed E-state index contributed by atoms with van der Waals surface area (Å²) in [6.07, 6.45) is 0.549. The predicted octanol–water partition coefficient (Wildman–Crippen LogP) is 4.41. The molecule has 3 aromatic rings. The van der Waals surface area contributed by atoms with Crippen LogP contribution in [0.4, 0.5) is 5.69 Å². The average Bonchev–Trinajstić information content (AvgIpc) is 3.09. The van der Waals surface area contributed by atoms with Crippen LogP contribution in [0.15, 0.2) is 77.7 Å². The second kappa shape index (κ2) is 8.13. The Bertz CT molecular complexity index is 1200. The van der Waals surface area contributed by atoms with Crippen LogP contribution >= 0.6 is 11.6 Å². The minimum absolute atomic E-state index is 0.227. The molecule has 1 aliphatic heterocycles. The van der Waals surface area contributed by atoms with Crippen molar-refractivity contribution in [3.8, 4) is 0 Å². The standard InChI is InChI=1S/C23H21ClN2O3S/c1-16-13-19-14-17(23(27)25-15-18-7-5-6-10-21(18)24)11-12-22(19)26(16)30(28,29)20-8-3-2-4-9-20/h2-12,14,16H,13,15H2,1H3,(H,25,27)/t16-/m0/s1. The van der Waals surface area contributed by atoms with Gasteiger partial charge in [-0.25, -0.2) is 8.42 Å². The zero-order chi connectivity index (χ0) is 21.3. The maximum atomic E-state index is 13.2. The number of hydrogen-bond acceptors (Lipinski definition) is 3. The molecule has 0 saturated heterocycles. The Kier molecular flexibility index (Phi) is 5.54. The number of nitrogens with one attached hydrogen (secondary N) is 1. The van der Waals surface area contributed by atoms with Crippen molar-refractivity contribution >= 4 is 33.2 Å². The normalized spacial score (nSPS) is 15.7. The first-order valence-electron chi connectivity index (χ1n) is 9.62. The predicted molar refractivity (Wildman–Crippen MR) is 118 cm³/mol. The molecule has 0 saturated carbocycles. The number of benzene rings is 3. The van der Waals surface area contributed by atoms with Crippen molar-refractivity contribution in [3.63, 3.8) is 0 Å². The van der Waals surface area contributed by atoms with Crippen molar-refractivity contribution < 1.29 is 13.2 Å². The van der Waals surface area contributed by atoms with Crippen molar-refractivity contribution in [2.45, 2.75) is 30.8 Å². The van der Waals surface area contributed by atoms with Crippen LogP contribution in [-0.4, -0.2) is 20.4 Å². The zero-order valence-corrected chi connectivity index (χ0v) is 18.0. The fourth-order valence-electron chi connectivity index (χ4n) is 3.74. The fraction of sp³-hybridized carbons (Fsp3) is 0.174. The van der Waals surface area contributed by atoms with Crippen LogP contribution < -0.4 is 9.62 Å². The number of sulfonamides is 1. The Morgan fingerprint density at radius 3 is 2.50 bits per heavy atom. The number of fused-ring (bicyclic) bond motifs is 1. The van der Waals surface area contributed by atoms with Gasteiger partial charge in [0.2, 0.25) is 0 Å². The lowest BCUT2D eigenvalue weighted by Crippen LogP contribution is -2.35. The molecule has 1 aliphatic rings. The average molecular weight is 441 g/mol. The third-order valence-corrected chi connectivity index (χ3v) is 7.50. The minimum Gasteiger partial charge on any atom is -0.348 e. The van der Waals surface area contributed by atoms with E-state index in [2.05, 4.69) is 5.32 Å². The second-order valence-electron chi connectivity index (χ2n) is 7.28. The SMILES string of the molecule is C[C@H]1Cc2cc(C(=O)NCc3ccccc3Cl)ccc2N1S(=O)(=O)c1ccccc1. The number of carbonyl (C=O) groups is 1. The van der Waals surface area contributed by atoms with Crippen LogP contribution in [0.5, 0.6) is 0 Å². The molecule has 0 unspecified atom stereocenters. The molecule has 154 valence electrons. The largest absolute Gasteiger partial charge is 0.348 e. The maximum absolute atomic E-state index is 13.2. The third-order valence-electron chi connectivity index (χ3n) is 5.19. The summed E-state index contributed by atoms with van der Waals surface area (Å²) < 4.78 is 27.8. The topological polar surface area (TPSA) is 66.5 Å². The van der Waals surface area contributed by atoms with Crippen molar-refractivity contribution in [2.24, 2.45) is 0 Å². The molecule has 1 N–H and O–H groups in total. The van der Waals surface area contributed by atoms with Crippen molar-refractivity contribution in [1.82, 2.24) is 5.32 Å². The fourth-order valence-corrected chi connectivity index (χ4v) is 5.65. The third kappa shape index (κ3) is 3.80. The zero-order valence-electron chi connectivity index (χ0n) is 16.4. The van der Waals surface area contributed by atoms with Gasteiger partial charge in [-0.15, -0.1) is 0 Å². The highest BCUT2D eigenvalue weighted by Gasteiger charge is 2.36. The van der Waals surface area contributed by atoms with Gasteiger partial charge in [0.1, 0.15) is 0 Å². The monoisotopic (exact) mass is 440 g/mol. The molecule has 1 atom stereocenters. The highest BCUT2D eigenvalue weighted by atomic mass is 35.5. The summed E-state index contributed by atoms with van der Waals surface area (Å²) in [5, 5.41) is 3.47. The Morgan fingerprint density at radius 2 is 1.77 bits per heavy atom. The Hall–Kier alpha value is -2.83.